The van der Waals surface area contributed by atoms with E-state index >= 15 is 0 Å². The van der Waals surface area contributed by atoms with Gasteiger partial charge in [0.1, 0.15) is 0 Å². The highest BCUT2D eigenvalue weighted by molar-refractivity contribution is 6.05. The first-order chi connectivity index (χ1) is 13.5. The highest BCUT2D eigenvalue weighted by atomic mass is 16.5. The molecule has 1 aliphatic carbocycles. The lowest BCUT2D eigenvalue weighted by Crippen LogP contribution is -2.45. The summed E-state index contributed by atoms with van der Waals surface area (Å²) in [6.45, 7) is 0.503. The number of carbonyl (C=O) groups is 3. The summed E-state index contributed by atoms with van der Waals surface area (Å²) in [6.07, 6.45) is 4.00. The van der Waals surface area contributed by atoms with E-state index in [1.807, 2.05) is 24.3 Å². The molecule has 2 aromatic rings. The third kappa shape index (κ3) is 3.44. The van der Waals surface area contributed by atoms with E-state index in [0.29, 0.717) is 25.1 Å². The second-order valence-corrected chi connectivity index (χ2v) is 7.44. The molecule has 0 spiro atoms. The van der Waals surface area contributed by atoms with Crippen molar-refractivity contribution in [1.82, 2.24) is 9.88 Å². The first-order valence-electron chi connectivity index (χ1n) is 9.69. The minimum Gasteiger partial charge on any atom is -0.452 e. The van der Waals surface area contributed by atoms with Crippen LogP contribution in [0.4, 0.5) is 0 Å². The minimum atomic E-state index is -0.492. The maximum Gasteiger partial charge on any atom is 0.339 e. The van der Waals surface area contributed by atoms with Crippen molar-refractivity contribution in [2.45, 2.75) is 32.1 Å². The van der Waals surface area contributed by atoms with Crippen molar-refractivity contribution in [1.29, 1.82) is 0 Å². The molecule has 1 aromatic carbocycles. The van der Waals surface area contributed by atoms with Crippen LogP contribution in [-0.4, -0.2) is 47.4 Å². The van der Waals surface area contributed by atoms with Gasteiger partial charge in [0.2, 0.25) is 5.91 Å². The average molecular weight is 381 g/mol. The lowest BCUT2D eigenvalue weighted by atomic mass is 9.97. The Balaban J connectivity index is 1.50. The largest absolute Gasteiger partial charge is 0.452 e. The molecule has 7 heteroatoms. The summed E-state index contributed by atoms with van der Waals surface area (Å²) in [5, 5.41) is 0.757. The number of fused-ring (bicyclic) bond motifs is 2. The molecular weight excluding hydrogens is 358 g/mol. The van der Waals surface area contributed by atoms with Crippen LogP contribution in [0.25, 0.3) is 10.9 Å². The number of aryl methyl sites for hydroxylation is 1. The molecule has 0 unspecified atom stereocenters. The van der Waals surface area contributed by atoms with Crippen LogP contribution >= 0.6 is 0 Å². The molecule has 2 heterocycles. The van der Waals surface area contributed by atoms with Crippen LogP contribution in [0.5, 0.6) is 0 Å². The van der Waals surface area contributed by atoms with Gasteiger partial charge in [0.15, 0.2) is 6.61 Å². The van der Waals surface area contributed by atoms with E-state index < -0.39 is 11.9 Å². The fourth-order valence-corrected chi connectivity index (χ4v) is 4.17. The average Bonchev–Trinajstić information content (AvgIpc) is 3.17. The van der Waals surface area contributed by atoms with E-state index in [-0.39, 0.29) is 18.4 Å². The fraction of sp³-hybridized carbons (Fsp3) is 0.429. The number of aromatic nitrogens is 1. The monoisotopic (exact) mass is 381 g/mol. The number of nitrogens with zero attached hydrogens (tertiary/aromatic N) is 2. The number of nitrogens with two attached hydrogens (primary N) is 1. The Morgan fingerprint density at radius 2 is 2.00 bits per heavy atom. The number of primary amides is 1. The summed E-state index contributed by atoms with van der Waals surface area (Å²) in [5.74, 6) is -1.52. The summed E-state index contributed by atoms with van der Waals surface area (Å²) >= 11 is 0. The third-order valence-corrected chi connectivity index (χ3v) is 5.63. The fourth-order valence-electron chi connectivity index (χ4n) is 4.17. The van der Waals surface area contributed by atoms with Crippen LogP contribution in [0.1, 0.15) is 40.9 Å². The Morgan fingerprint density at radius 1 is 1.18 bits per heavy atom. The lowest BCUT2D eigenvalue weighted by Gasteiger charge is -2.31. The molecule has 7 nitrogen and oxygen atoms in total. The topological polar surface area (TPSA) is 103 Å². The standard InChI is InChI=1S/C21H23N3O4/c22-20(26)13-5-4-10-24(11-13)18(25)12-28-21(27)19-14-6-1-2-8-16(14)23-17-9-3-7-15(17)19/h1-2,6,8,13H,3-5,7,9-12H2,(H2,22,26)/t13-/m0/s1. The SMILES string of the molecule is NC(=O)[C@H]1CCCN(C(=O)COC(=O)c2c3c(nc4ccccc24)CCC3)C1. The van der Waals surface area contributed by atoms with Crippen LogP contribution in [0.15, 0.2) is 24.3 Å². The number of rotatable bonds is 4. The number of esters is 1. The minimum absolute atomic E-state index is 0.291. The normalized spacial score (nSPS) is 18.7. The molecule has 4 rings (SSSR count). The van der Waals surface area contributed by atoms with Crippen molar-refractivity contribution in [3.05, 3.63) is 41.1 Å². The molecule has 1 atom stereocenters. The zero-order valence-corrected chi connectivity index (χ0v) is 15.6. The van der Waals surface area contributed by atoms with Crippen LogP contribution in [0.3, 0.4) is 0 Å². The van der Waals surface area contributed by atoms with Gasteiger partial charge in [-0.25, -0.2) is 4.79 Å². The van der Waals surface area contributed by atoms with Crippen molar-refractivity contribution in [3.8, 4) is 0 Å². The van der Waals surface area contributed by atoms with E-state index in [2.05, 4.69) is 4.98 Å². The van der Waals surface area contributed by atoms with Crippen LogP contribution < -0.4 is 5.73 Å². The predicted octanol–water partition coefficient (Wildman–Crippen LogP) is 1.60. The molecule has 146 valence electrons. The summed E-state index contributed by atoms with van der Waals surface area (Å²) in [5.41, 5.74) is 8.53. The number of piperidine rings is 1. The summed E-state index contributed by atoms with van der Waals surface area (Å²) in [4.78, 5) is 43.0. The number of ether oxygens (including phenoxy) is 1. The highest BCUT2D eigenvalue weighted by Gasteiger charge is 2.29. The second-order valence-electron chi connectivity index (χ2n) is 7.44. The van der Waals surface area contributed by atoms with E-state index in [4.69, 9.17) is 10.5 Å². The summed E-state index contributed by atoms with van der Waals surface area (Å²) in [7, 11) is 0. The number of para-hydroxylation sites is 1. The Bertz CT molecular complexity index is 956. The smallest absolute Gasteiger partial charge is 0.339 e. The Morgan fingerprint density at radius 3 is 2.82 bits per heavy atom. The Labute approximate surface area is 162 Å². The molecule has 1 aliphatic heterocycles. The van der Waals surface area contributed by atoms with Gasteiger partial charge in [0.25, 0.3) is 5.91 Å². The number of pyridine rings is 1. The van der Waals surface area contributed by atoms with Crippen LogP contribution in [-0.2, 0) is 27.2 Å². The molecule has 0 saturated carbocycles. The number of hydrogen-bond acceptors (Lipinski definition) is 5. The van der Waals surface area contributed by atoms with Crippen LogP contribution in [0, 0.1) is 5.92 Å². The Kier molecular flexibility index (Phi) is 4.98. The molecule has 1 aromatic heterocycles. The summed E-state index contributed by atoms with van der Waals surface area (Å²) in [6, 6.07) is 7.50. The van der Waals surface area contributed by atoms with E-state index in [1.54, 1.807) is 4.90 Å². The van der Waals surface area contributed by atoms with Gasteiger partial charge in [-0.3, -0.25) is 14.6 Å². The number of likely N-dealkylation sites (tertiary alicyclic amines) is 1. The summed E-state index contributed by atoms with van der Waals surface area (Å²) < 4.78 is 5.40. The van der Waals surface area contributed by atoms with E-state index in [1.165, 1.54) is 0 Å². The van der Waals surface area contributed by atoms with Crippen molar-refractivity contribution in [2.24, 2.45) is 11.7 Å². The molecular formula is C21H23N3O4. The number of carbonyl (C=O) groups excluding carboxylic acids is 3. The quantitative estimate of drug-likeness (QED) is 0.811. The first-order valence-corrected chi connectivity index (χ1v) is 9.69. The van der Waals surface area contributed by atoms with Gasteiger partial charge in [0, 0.05) is 24.2 Å². The van der Waals surface area contributed by atoms with Gasteiger partial charge in [0.05, 0.1) is 17.0 Å². The van der Waals surface area contributed by atoms with Gasteiger partial charge in [-0.2, -0.15) is 0 Å². The van der Waals surface area contributed by atoms with Gasteiger partial charge < -0.3 is 15.4 Å². The predicted molar refractivity (Wildman–Crippen MR) is 103 cm³/mol. The van der Waals surface area contributed by atoms with Gasteiger partial charge >= 0.3 is 5.97 Å². The number of hydrogen-bond donors (Lipinski definition) is 1. The maximum atomic E-state index is 12.9. The molecule has 28 heavy (non-hydrogen) atoms. The molecule has 2 amide bonds. The zero-order chi connectivity index (χ0) is 19.7. The second kappa shape index (κ2) is 7.58. The van der Waals surface area contributed by atoms with Gasteiger partial charge in [-0.1, -0.05) is 18.2 Å². The lowest BCUT2D eigenvalue weighted by molar-refractivity contribution is -0.137. The zero-order valence-electron chi connectivity index (χ0n) is 15.6. The Hall–Kier alpha value is -2.96. The molecule has 0 bridgehead atoms. The van der Waals surface area contributed by atoms with Gasteiger partial charge in [-0.05, 0) is 43.7 Å². The maximum absolute atomic E-state index is 12.9. The first kappa shape index (κ1) is 18.4. The van der Waals surface area contributed by atoms with Crippen molar-refractivity contribution in [2.75, 3.05) is 19.7 Å². The molecule has 2 N–H and O–H groups in total. The molecule has 1 saturated heterocycles. The number of benzene rings is 1. The molecule has 0 radical (unpaired) electrons. The van der Waals surface area contributed by atoms with E-state index in [9.17, 15) is 14.4 Å². The van der Waals surface area contributed by atoms with Crippen molar-refractivity contribution in [3.63, 3.8) is 0 Å². The molecule has 1 fully saturated rings. The van der Waals surface area contributed by atoms with E-state index in [0.717, 1.165) is 47.8 Å². The van der Waals surface area contributed by atoms with Gasteiger partial charge in [-0.15, -0.1) is 0 Å². The van der Waals surface area contributed by atoms with Crippen molar-refractivity contribution < 1.29 is 19.1 Å². The highest BCUT2D eigenvalue weighted by Crippen LogP contribution is 2.30. The number of amides is 2. The van der Waals surface area contributed by atoms with Crippen LogP contribution in [0.2, 0.25) is 0 Å². The third-order valence-electron chi connectivity index (χ3n) is 5.63. The van der Waals surface area contributed by atoms with Crippen molar-refractivity contribution >= 4 is 28.7 Å². The molecule has 2 aliphatic rings.